The SMILES string of the molecule is COc1cc(C(O)C(F)(F)F)ccc1C(C)CNc1cc(-c2cnc(C)nc2)ncn1. The molecule has 164 valence electrons. The monoisotopic (exact) mass is 433 g/mol. The number of rotatable bonds is 7. The molecule has 2 aromatic heterocycles. The summed E-state index contributed by atoms with van der Waals surface area (Å²) in [6.07, 6.45) is -2.52. The quantitative estimate of drug-likeness (QED) is 0.580. The van der Waals surface area contributed by atoms with Crippen molar-refractivity contribution in [2.75, 3.05) is 19.0 Å². The predicted molar refractivity (Wildman–Crippen MR) is 109 cm³/mol. The molecule has 0 amide bonds. The number of aryl methyl sites for hydroxylation is 1. The van der Waals surface area contributed by atoms with Crippen molar-refractivity contribution in [1.29, 1.82) is 0 Å². The van der Waals surface area contributed by atoms with Gasteiger partial charge in [-0.15, -0.1) is 0 Å². The van der Waals surface area contributed by atoms with Gasteiger partial charge in [-0.05, 0) is 24.1 Å². The van der Waals surface area contributed by atoms with E-state index < -0.39 is 12.3 Å². The maximum absolute atomic E-state index is 12.8. The summed E-state index contributed by atoms with van der Waals surface area (Å²) in [6, 6.07) is 5.77. The van der Waals surface area contributed by atoms with E-state index in [4.69, 9.17) is 4.74 Å². The fourth-order valence-electron chi connectivity index (χ4n) is 3.00. The molecule has 0 aliphatic carbocycles. The standard InChI is InChI=1S/C21H22F3N5O2/c1-12(16-5-4-14(6-18(16)31-3)20(30)21(22,23)24)8-27-19-7-17(28-11-29-19)15-9-25-13(2)26-10-15/h4-7,9-12,20,30H,8H2,1-3H3,(H,27,28,29). The molecule has 2 heterocycles. The normalized spacial score (nSPS) is 13.5. The molecule has 1 aromatic carbocycles. The number of halogens is 3. The summed E-state index contributed by atoms with van der Waals surface area (Å²) in [5, 5.41) is 12.7. The van der Waals surface area contributed by atoms with E-state index in [2.05, 4.69) is 25.3 Å². The highest BCUT2D eigenvalue weighted by Crippen LogP contribution is 2.36. The summed E-state index contributed by atoms with van der Waals surface area (Å²) in [5.41, 5.74) is 1.85. The molecule has 0 fully saturated rings. The van der Waals surface area contributed by atoms with Gasteiger partial charge in [0, 0.05) is 36.5 Å². The predicted octanol–water partition coefficient (Wildman–Crippen LogP) is 4.06. The first-order valence-electron chi connectivity index (χ1n) is 9.46. The van der Waals surface area contributed by atoms with Gasteiger partial charge in [0.25, 0.3) is 0 Å². The van der Waals surface area contributed by atoms with Crippen molar-refractivity contribution in [2.45, 2.75) is 32.0 Å². The van der Waals surface area contributed by atoms with Crippen LogP contribution in [-0.4, -0.2) is 44.9 Å². The molecule has 3 rings (SSSR count). The molecule has 0 aliphatic rings. The van der Waals surface area contributed by atoms with Crippen LogP contribution in [-0.2, 0) is 0 Å². The molecule has 0 saturated carbocycles. The van der Waals surface area contributed by atoms with E-state index in [1.165, 1.54) is 31.6 Å². The third-order valence-corrected chi connectivity index (χ3v) is 4.75. The topological polar surface area (TPSA) is 93.1 Å². The molecule has 3 aromatic rings. The number of hydrogen-bond donors (Lipinski definition) is 2. The third kappa shape index (κ3) is 5.46. The van der Waals surface area contributed by atoms with Crippen molar-refractivity contribution < 1.29 is 23.0 Å². The number of benzene rings is 1. The van der Waals surface area contributed by atoms with Gasteiger partial charge < -0.3 is 15.2 Å². The van der Waals surface area contributed by atoms with Crippen molar-refractivity contribution in [3.8, 4) is 17.0 Å². The van der Waals surface area contributed by atoms with Gasteiger partial charge in [-0.3, -0.25) is 0 Å². The summed E-state index contributed by atoms with van der Waals surface area (Å²) in [4.78, 5) is 16.8. The second-order valence-corrected chi connectivity index (χ2v) is 7.03. The van der Waals surface area contributed by atoms with Gasteiger partial charge in [0.15, 0.2) is 6.10 Å². The lowest BCUT2D eigenvalue weighted by Crippen LogP contribution is -2.20. The van der Waals surface area contributed by atoms with Crippen LogP contribution in [0.4, 0.5) is 19.0 Å². The van der Waals surface area contributed by atoms with E-state index in [9.17, 15) is 18.3 Å². The van der Waals surface area contributed by atoms with Crippen LogP contribution in [0.15, 0.2) is 43.0 Å². The highest BCUT2D eigenvalue weighted by Gasteiger charge is 2.39. The van der Waals surface area contributed by atoms with Gasteiger partial charge in [-0.1, -0.05) is 19.1 Å². The zero-order valence-electron chi connectivity index (χ0n) is 17.2. The van der Waals surface area contributed by atoms with E-state index in [1.54, 1.807) is 25.4 Å². The summed E-state index contributed by atoms with van der Waals surface area (Å²) < 4.78 is 43.6. The number of hydrogen-bond acceptors (Lipinski definition) is 7. The lowest BCUT2D eigenvalue weighted by molar-refractivity contribution is -0.206. The Morgan fingerprint density at radius 2 is 1.81 bits per heavy atom. The minimum atomic E-state index is -4.74. The molecule has 0 aliphatic heterocycles. The molecule has 0 radical (unpaired) electrons. The molecule has 10 heteroatoms. The Hall–Kier alpha value is -3.27. The van der Waals surface area contributed by atoms with Crippen LogP contribution in [0.5, 0.6) is 5.75 Å². The molecule has 7 nitrogen and oxygen atoms in total. The number of nitrogens with zero attached hydrogens (tertiary/aromatic N) is 4. The van der Waals surface area contributed by atoms with E-state index in [1.807, 2.05) is 6.92 Å². The number of nitrogens with one attached hydrogen (secondary N) is 1. The Balaban J connectivity index is 1.73. The lowest BCUT2D eigenvalue weighted by Gasteiger charge is -2.20. The number of anilines is 1. The lowest BCUT2D eigenvalue weighted by atomic mass is 9.96. The molecule has 0 saturated heterocycles. The van der Waals surface area contributed by atoms with E-state index in [0.717, 1.165) is 5.56 Å². The minimum absolute atomic E-state index is 0.117. The highest BCUT2D eigenvalue weighted by atomic mass is 19.4. The maximum Gasteiger partial charge on any atom is 0.418 e. The number of ether oxygens (including phenoxy) is 1. The number of alkyl halides is 3. The van der Waals surface area contributed by atoms with Gasteiger partial charge in [0.1, 0.15) is 23.7 Å². The first kappa shape index (κ1) is 22.4. The van der Waals surface area contributed by atoms with Gasteiger partial charge in [-0.2, -0.15) is 13.2 Å². The average molecular weight is 433 g/mol. The van der Waals surface area contributed by atoms with Gasteiger partial charge in [-0.25, -0.2) is 19.9 Å². The van der Waals surface area contributed by atoms with Crippen LogP contribution in [0.1, 0.15) is 35.9 Å². The molecule has 0 bridgehead atoms. The molecule has 0 spiro atoms. The van der Waals surface area contributed by atoms with Crippen molar-refractivity contribution in [1.82, 2.24) is 19.9 Å². The minimum Gasteiger partial charge on any atom is -0.496 e. The summed E-state index contributed by atoms with van der Waals surface area (Å²) >= 11 is 0. The third-order valence-electron chi connectivity index (χ3n) is 4.75. The van der Waals surface area contributed by atoms with Crippen LogP contribution in [0, 0.1) is 6.92 Å². The Morgan fingerprint density at radius 1 is 1.10 bits per heavy atom. The second-order valence-electron chi connectivity index (χ2n) is 7.03. The highest BCUT2D eigenvalue weighted by molar-refractivity contribution is 5.60. The van der Waals surface area contributed by atoms with Crippen LogP contribution in [0.25, 0.3) is 11.3 Å². The maximum atomic E-state index is 12.8. The molecule has 2 N–H and O–H groups in total. The Labute approximate surface area is 177 Å². The first-order valence-corrected chi connectivity index (χ1v) is 9.46. The van der Waals surface area contributed by atoms with Crippen molar-refractivity contribution in [3.05, 3.63) is 59.9 Å². The molecule has 31 heavy (non-hydrogen) atoms. The second kappa shape index (κ2) is 9.25. The van der Waals surface area contributed by atoms with Crippen LogP contribution in [0.2, 0.25) is 0 Å². The van der Waals surface area contributed by atoms with Gasteiger partial charge >= 0.3 is 6.18 Å². The van der Waals surface area contributed by atoms with Crippen LogP contribution < -0.4 is 10.1 Å². The fourth-order valence-corrected chi connectivity index (χ4v) is 3.00. The van der Waals surface area contributed by atoms with Crippen molar-refractivity contribution in [2.24, 2.45) is 0 Å². The van der Waals surface area contributed by atoms with Crippen LogP contribution in [0.3, 0.4) is 0 Å². The number of aromatic nitrogens is 4. The van der Waals surface area contributed by atoms with Crippen molar-refractivity contribution >= 4 is 5.82 Å². The number of methoxy groups -OCH3 is 1. The Morgan fingerprint density at radius 3 is 2.45 bits per heavy atom. The molecule has 2 atom stereocenters. The smallest absolute Gasteiger partial charge is 0.418 e. The largest absolute Gasteiger partial charge is 0.496 e. The number of aliphatic hydroxyl groups excluding tert-OH is 1. The first-order chi connectivity index (χ1) is 14.7. The number of aliphatic hydroxyl groups is 1. The average Bonchev–Trinajstić information content (AvgIpc) is 2.76. The van der Waals surface area contributed by atoms with Crippen molar-refractivity contribution in [3.63, 3.8) is 0 Å². The zero-order chi connectivity index (χ0) is 22.6. The molecule has 2 unspecified atom stereocenters. The fraction of sp³-hybridized carbons (Fsp3) is 0.333. The molecular formula is C21H22F3N5O2. The zero-order valence-corrected chi connectivity index (χ0v) is 17.2. The van der Waals surface area contributed by atoms with E-state index in [0.29, 0.717) is 29.4 Å². The summed E-state index contributed by atoms with van der Waals surface area (Å²) in [6.45, 7) is 4.14. The van der Waals surface area contributed by atoms with Gasteiger partial charge in [0.05, 0.1) is 12.8 Å². The Bertz CT molecular complexity index is 1030. The summed E-state index contributed by atoms with van der Waals surface area (Å²) in [5.74, 6) is 1.40. The molecular weight excluding hydrogens is 411 g/mol. The van der Waals surface area contributed by atoms with E-state index >= 15 is 0 Å². The summed E-state index contributed by atoms with van der Waals surface area (Å²) in [7, 11) is 1.38. The van der Waals surface area contributed by atoms with Crippen LogP contribution >= 0.6 is 0 Å². The van der Waals surface area contributed by atoms with E-state index in [-0.39, 0.29) is 17.2 Å². The Kier molecular flexibility index (Phi) is 6.69. The van der Waals surface area contributed by atoms with Gasteiger partial charge in [0.2, 0.25) is 0 Å².